The van der Waals surface area contributed by atoms with Gasteiger partial charge in [-0.3, -0.25) is 4.79 Å². The van der Waals surface area contributed by atoms with Crippen LogP contribution in [0.4, 0.5) is 0 Å². The van der Waals surface area contributed by atoms with E-state index < -0.39 is 18.3 Å². The molecule has 0 radical (unpaired) electrons. The maximum atomic E-state index is 12.5. The monoisotopic (exact) mass is 479 g/mol. The van der Waals surface area contributed by atoms with E-state index in [0.29, 0.717) is 10.8 Å². The molecule has 0 unspecified atom stereocenters. The molecule has 6 nitrogen and oxygen atoms in total. The molecule has 4 rings (SSSR count). The van der Waals surface area contributed by atoms with E-state index in [4.69, 9.17) is 25.9 Å². The smallest absolute Gasteiger partial charge is 0.399 e. The van der Waals surface area contributed by atoms with Gasteiger partial charge in [-0.1, -0.05) is 48.0 Å². The summed E-state index contributed by atoms with van der Waals surface area (Å²) in [4.78, 5) is 17.4. The van der Waals surface area contributed by atoms with Crippen LogP contribution in [0.5, 0.6) is 0 Å². The third-order valence-electron chi connectivity index (χ3n) is 6.35. The standard InChI is InChI=1S/C26H31BClN3O3/c1-17(2)29-23(32)16-31-15-22(30-24(31)19-8-7-9-21(28)14-19)18-10-12-20(13-11-18)27-33-25(3,4)26(5,6)34-27/h7-15,17H,16H2,1-6H3,(H,29,32). The number of carbonyl (C=O) groups excluding carboxylic acids is 1. The largest absolute Gasteiger partial charge is 0.494 e. The molecule has 0 aliphatic carbocycles. The second-order valence-corrected chi connectivity index (χ2v) is 10.5. The van der Waals surface area contributed by atoms with Gasteiger partial charge in [-0.05, 0) is 59.1 Å². The number of amides is 1. The highest BCUT2D eigenvalue weighted by Crippen LogP contribution is 2.36. The van der Waals surface area contributed by atoms with Gasteiger partial charge in [0.05, 0.1) is 16.9 Å². The molecule has 2 heterocycles. The molecule has 3 aromatic rings. The molecule has 1 aliphatic heterocycles. The molecule has 1 fully saturated rings. The van der Waals surface area contributed by atoms with Gasteiger partial charge in [0.15, 0.2) is 0 Å². The molecule has 1 amide bonds. The van der Waals surface area contributed by atoms with Crippen molar-refractivity contribution >= 4 is 30.1 Å². The highest BCUT2D eigenvalue weighted by molar-refractivity contribution is 6.62. The molecule has 0 spiro atoms. The maximum absolute atomic E-state index is 12.5. The van der Waals surface area contributed by atoms with Crippen LogP contribution in [0.3, 0.4) is 0 Å². The van der Waals surface area contributed by atoms with Crippen molar-refractivity contribution in [3.8, 4) is 22.6 Å². The molecular weight excluding hydrogens is 449 g/mol. The number of nitrogens with zero attached hydrogens (tertiary/aromatic N) is 2. The van der Waals surface area contributed by atoms with Crippen molar-refractivity contribution in [1.82, 2.24) is 14.9 Å². The lowest BCUT2D eigenvalue weighted by atomic mass is 9.79. The number of aromatic nitrogens is 2. The minimum absolute atomic E-state index is 0.0626. The number of hydrogen-bond acceptors (Lipinski definition) is 4. The van der Waals surface area contributed by atoms with E-state index >= 15 is 0 Å². The summed E-state index contributed by atoms with van der Waals surface area (Å²) < 4.78 is 14.2. The maximum Gasteiger partial charge on any atom is 0.494 e. The lowest BCUT2D eigenvalue weighted by Gasteiger charge is -2.32. The summed E-state index contributed by atoms with van der Waals surface area (Å²) in [5, 5.41) is 3.56. The molecule has 0 atom stereocenters. The van der Waals surface area contributed by atoms with E-state index in [1.54, 1.807) is 0 Å². The molecular formula is C26H31BClN3O3. The third-order valence-corrected chi connectivity index (χ3v) is 6.59. The van der Waals surface area contributed by atoms with Crippen LogP contribution in [0.25, 0.3) is 22.6 Å². The van der Waals surface area contributed by atoms with E-state index in [1.165, 1.54) is 0 Å². The van der Waals surface area contributed by atoms with Crippen LogP contribution in [0.1, 0.15) is 41.5 Å². The molecule has 1 aromatic heterocycles. The Balaban J connectivity index is 1.64. The molecule has 178 valence electrons. The number of hydrogen-bond donors (Lipinski definition) is 1. The van der Waals surface area contributed by atoms with E-state index in [2.05, 4.69) is 5.32 Å². The fourth-order valence-corrected chi connectivity index (χ4v) is 4.04. The van der Waals surface area contributed by atoms with Crippen molar-refractivity contribution in [2.45, 2.75) is 65.3 Å². The zero-order chi connectivity index (χ0) is 24.7. The van der Waals surface area contributed by atoms with Gasteiger partial charge in [-0.15, -0.1) is 0 Å². The Morgan fingerprint density at radius 2 is 1.71 bits per heavy atom. The Morgan fingerprint density at radius 3 is 2.29 bits per heavy atom. The zero-order valence-electron chi connectivity index (χ0n) is 20.6. The van der Waals surface area contributed by atoms with Crippen molar-refractivity contribution in [1.29, 1.82) is 0 Å². The first-order valence-corrected chi connectivity index (χ1v) is 11.9. The Hall–Kier alpha value is -2.61. The van der Waals surface area contributed by atoms with E-state index in [0.717, 1.165) is 22.3 Å². The molecule has 34 heavy (non-hydrogen) atoms. The first-order chi connectivity index (χ1) is 15.9. The quantitative estimate of drug-likeness (QED) is 0.521. The molecule has 1 aliphatic rings. The SMILES string of the molecule is CC(C)NC(=O)Cn1cc(-c2ccc(B3OC(C)(C)C(C)(C)O3)cc2)nc1-c1cccc(Cl)c1. The van der Waals surface area contributed by atoms with Gasteiger partial charge in [-0.25, -0.2) is 4.98 Å². The number of benzene rings is 2. The second-order valence-electron chi connectivity index (χ2n) is 10.0. The Kier molecular flexibility index (Phi) is 6.64. The van der Waals surface area contributed by atoms with Crippen molar-refractivity contribution in [2.24, 2.45) is 0 Å². The molecule has 0 saturated carbocycles. The van der Waals surface area contributed by atoms with Crippen molar-refractivity contribution in [3.05, 3.63) is 59.8 Å². The Bertz CT molecular complexity index is 1170. The topological polar surface area (TPSA) is 65.4 Å². The van der Waals surface area contributed by atoms with Gasteiger partial charge in [-0.2, -0.15) is 0 Å². The van der Waals surface area contributed by atoms with Gasteiger partial charge in [0.25, 0.3) is 0 Å². The van der Waals surface area contributed by atoms with Gasteiger partial charge in [0.2, 0.25) is 5.91 Å². The molecule has 8 heteroatoms. The molecule has 0 bridgehead atoms. The second kappa shape index (κ2) is 9.21. The van der Waals surface area contributed by atoms with Crippen LogP contribution in [0.15, 0.2) is 54.7 Å². The lowest BCUT2D eigenvalue weighted by molar-refractivity contribution is -0.122. The average molecular weight is 480 g/mol. The van der Waals surface area contributed by atoms with Crippen molar-refractivity contribution in [3.63, 3.8) is 0 Å². The number of imidazole rings is 1. The first kappa shape index (κ1) is 24.5. The van der Waals surface area contributed by atoms with Crippen LogP contribution < -0.4 is 10.8 Å². The van der Waals surface area contributed by atoms with Crippen LogP contribution in [-0.4, -0.2) is 39.8 Å². The number of rotatable bonds is 6. The zero-order valence-corrected chi connectivity index (χ0v) is 21.3. The Labute approximate surface area is 206 Å². The molecule has 2 aromatic carbocycles. The first-order valence-electron chi connectivity index (χ1n) is 11.5. The summed E-state index contributed by atoms with van der Waals surface area (Å²) in [5.41, 5.74) is 2.73. The van der Waals surface area contributed by atoms with Crippen molar-refractivity contribution < 1.29 is 14.1 Å². The van der Waals surface area contributed by atoms with E-state index in [9.17, 15) is 4.79 Å². The van der Waals surface area contributed by atoms with Crippen LogP contribution in [0.2, 0.25) is 5.02 Å². The predicted molar refractivity (Wildman–Crippen MR) is 137 cm³/mol. The van der Waals surface area contributed by atoms with E-state index in [1.807, 2.05) is 101 Å². The summed E-state index contributed by atoms with van der Waals surface area (Å²) >= 11 is 6.23. The van der Waals surface area contributed by atoms with Gasteiger partial charge in [0, 0.05) is 28.4 Å². The molecule has 1 saturated heterocycles. The number of halogens is 1. The summed E-state index contributed by atoms with van der Waals surface area (Å²) in [5.74, 6) is 0.616. The highest BCUT2D eigenvalue weighted by Gasteiger charge is 2.51. The minimum Gasteiger partial charge on any atom is -0.399 e. The fraction of sp³-hybridized carbons (Fsp3) is 0.385. The minimum atomic E-state index is -0.418. The molecule has 1 N–H and O–H groups in total. The van der Waals surface area contributed by atoms with Crippen LogP contribution in [-0.2, 0) is 20.6 Å². The van der Waals surface area contributed by atoms with Gasteiger partial charge in [0.1, 0.15) is 12.4 Å². The summed E-state index contributed by atoms with van der Waals surface area (Å²) in [7, 11) is -0.418. The van der Waals surface area contributed by atoms with Gasteiger partial charge >= 0.3 is 7.12 Å². The van der Waals surface area contributed by atoms with Gasteiger partial charge < -0.3 is 19.2 Å². The van der Waals surface area contributed by atoms with Crippen LogP contribution >= 0.6 is 11.6 Å². The summed E-state index contributed by atoms with van der Waals surface area (Å²) in [6.45, 7) is 12.2. The fourth-order valence-electron chi connectivity index (χ4n) is 3.85. The lowest BCUT2D eigenvalue weighted by Crippen LogP contribution is -2.41. The highest BCUT2D eigenvalue weighted by atomic mass is 35.5. The normalized spacial score (nSPS) is 16.8. The van der Waals surface area contributed by atoms with E-state index in [-0.39, 0.29) is 18.5 Å². The van der Waals surface area contributed by atoms with Crippen LogP contribution in [0, 0.1) is 0 Å². The number of carbonyl (C=O) groups is 1. The number of nitrogens with one attached hydrogen (secondary N) is 1. The average Bonchev–Trinajstić information content (AvgIpc) is 3.25. The third kappa shape index (κ3) is 5.07. The Morgan fingerprint density at radius 1 is 1.06 bits per heavy atom. The summed E-state index contributed by atoms with van der Waals surface area (Å²) in [6, 6.07) is 15.6. The predicted octanol–water partition coefficient (Wildman–Crippen LogP) is 4.69. The summed E-state index contributed by atoms with van der Waals surface area (Å²) in [6.07, 6.45) is 1.90. The van der Waals surface area contributed by atoms with Crippen molar-refractivity contribution in [2.75, 3.05) is 0 Å².